The highest BCUT2D eigenvalue weighted by atomic mass is 19.2. The summed E-state index contributed by atoms with van der Waals surface area (Å²) in [7, 11) is 0. The van der Waals surface area contributed by atoms with Crippen LogP contribution in [0, 0.1) is 35.1 Å². The van der Waals surface area contributed by atoms with Crippen LogP contribution in [0.5, 0.6) is 17.2 Å². The first-order chi connectivity index (χ1) is 19.7. The lowest BCUT2D eigenvalue weighted by molar-refractivity contribution is -0.140. The third-order valence-corrected chi connectivity index (χ3v) is 7.21. The Hall–Kier alpha value is -3.62. The lowest BCUT2D eigenvalue weighted by atomic mass is 9.83. The van der Waals surface area contributed by atoms with Gasteiger partial charge in [-0.1, -0.05) is 26.0 Å². The molecule has 1 saturated carbocycles. The molecule has 0 saturated heterocycles. The molecule has 0 bridgehead atoms. The zero-order valence-electron chi connectivity index (χ0n) is 23.0. The van der Waals surface area contributed by atoms with E-state index in [1.54, 1.807) is 31.2 Å². The molecule has 0 aromatic heterocycles. The average Bonchev–Trinajstić information content (AvgIpc) is 2.96. The van der Waals surface area contributed by atoms with Crippen molar-refractivity contribution in [2.45, 2.75) is 58.5 Å². The summed E-state index contributed by atoms with van der Waals surface area (Å²) in [6, 6.07) is 10.7. The van der Waals surface area contributed by atoms with Gasteiger partial charge in [-0.05, 0) is 80.0 Å². The van der Waals surface area contributed by atoms with Gasteiger partial charge >= 0.3 is 5.97 Å². The topological polar surface area (TPSA) is 44.8 Å². The Bertz CT molecular complexity index is 1340. The minimum absolute atomic E-state index is 0.0755. The molecule has 3 aromatic carbocycles. The lowest BCUT2D eigenvalue weighted by Crippen LogP contribution is -2.24. The van der Waals surface area contributed by atoms with E-state index in [2.05, 4.69) is 6.92 Å². The van der Waals surface area contributed by atoms with Crippen LogP contribution in [-0.2, 0) is 11.2 Å². The molecule has 0 radical (unpaired) electrons. The van der Waals surface area contributed by atoms with Gasteiger partial charge in [0.05, 0.1) is 12.5 Å². The molecule has 0 spiro atoms. The minimum Gasteiger partial charge on any atom is -0.490 e. The first kappa shape index (κ1) is 30.3. The van der Waals surface area contributed by atoms with E-state index in [-0.39, 0.29) is 30.7 Å². The van der Waals surface area contributed by atoms with Crippen molar-refractivity contribution in [2.24, 2.45) is 11.8 Å². The van der Waals surface area contributed by atoms with E-state index in [1.807, 2.05) is 0 Å². The summed E-state index contributed by atoms with van der Waals surface area (Å²) in [6.45, 7) is 3.57. The number of ether oxygens (including phenoxy) is 3. The molecule has 0 aliphatic heterocycles. The number of esters is 1. The summed E-state index contributed by atoms with van der Waals surface area (Å²) < 4.78 is 88.8. The monoisotopic (exact) mass is 576 g/mol. The van der Waals surface area contributed by atoms with E-state index in [0.717, 1.165) is 49.9 Å². The molecular weight excluding hydrogens is 543 g/mol. The number of carbonyl (C=O) groups excluding carboxylic acids is 1. The Kier molecular flexibility index (Phi) is 10.2. The second kappa shape index (κ2) is 13.8. The molecule has 4 rings (SSSR count). The predicted octanol–water partition coefficient (Wildman–Crippen LogP) is 8.39. The number of halogens is 5. The summed E-state index contributed by atoms with van der Waals surface area (Å²) >= 11 is 0. The lowest BCUT2D eigenvalue weighted by Gasteiger charge is -2.24. The van der Waals surface area contributed by atoms with Crippen molar-refractivity contribution in [1.82, 2.24) is 0 Å². The maximum atomic E-state index is 14.8. The fourth-order valence-electron chi connectivity index (χ4n) is 4.80. The fraction of sp³-hybridized carbons (Fsp3) is 0.406. The molecule has 9 heteroatoms. The smallest absolute Gasteiger partial charge is 0.314 e. The van der Waals surface area contributed by atoms with Gasteiger partial charge < -0.3 is 14.2 Å². The summed E-state index contributed by atoms with van der Waals surface area (Å²) in [5, 5.41) is 0. The molecule has 0 heterocycles. The molecule has 1 aliphatic carbocycles. The molecule has 1 atom stereocenters. The maximum absolute atomic E-state index is 14.8. The molecule has 4 nitrogen and oxygen atoms in total. The van der Waals surface area contributed by atoms with Crippen molar-refractivity contribution in [1.29, 1.82) is 0 Å². The Morgan fingerprint density at radius 1 is 0.805 bits per heavy atom. The highest BCUT2D eigenvalue weighted by molar-refractivity contribution is 5.75. The Morgan fingerprint density at radius 2 is 1.37 bits per heavy atom. The van der Waals surface area contributed by atoms with Gasteiger partial charge in [-0.25, -0.2) is 13.2 Å². The van der Waals surface area contributed by atoms with Crippen LogP contribution in [-0.4, -0.2) is 25.4 Å². The van der Waals surface area contributed by atoms with E-state index in [9.17, 15) is 26.7 Å². The summed E-state index contributed by atoms with van der Waals surface area (Å²) in [5.74, 6) is -5.83. The van der Waals surface area contributed by atoms with Crippen LogP contribution >= 0.6 is 0 Å². The van der Waals surface area contributed by atoms with Crippen molar-refractivity contribution < 1.29 is 41.0 Å². The van der Waals surface area contributed by atoms with Crippen LogP contribution < -0.4 is 14.2 Å². The van der Waals surface area contributed by atoms with Gasteiger partial charge in [-0.2, -0.15) is 8.78 Å². The van der Waals surface area contributed by atoms with Crippen LogP contribution in [0.2, 0.25) is 0 Å². The second-order valence-electron chi connectivity index (χ2n) is 10.5. The number of benzene rings is 3. The fourth-order valence-corrected chi connectivity index (χ4v) is 4.80. The minimum atomic E-state index is -1.56. The summed E-state index contributed by atoms with van der Waals surface area (Å²) in [5.41, 5.74) is -0.401. The zero-order chi connectivity index (χ0) is 29.5. The molecule has 0 N–H and O–H groups in total. The molecule has 220 valence electrons. The number of hydrogen-bond donors (Lipinski definition) is 0. The third kappa shape index (κ3) is 7.57. The Balaban J connectivity index is 1.33. The highest BCUT2D eigenvalue weighted by Crippen LogP contribution is 2.35. The van der Waals surface area contributed by atoms with Crippen LogP contribution in [0.15, 0.2) is 48.5 Å². The number of carbonyl (C=O) groups is 1. The first-order valence-electron chi connectivity index (χ1n) is 13.8. The van der Waals surface area contributed by atoms with Gasteiger partial charge in [0.1, 0.15) is 18.5 Å². The van der Waals surface area contributed by atoms with Gasteiger partial charge in [0, 0.05) is 17.5 Å². The quantitative estimate of drug-likeness (QED) is 0.131. The first-order valence-corrected chi connectivity index (χ1v) is 13.8. The van der Waals surface area contributed by atoms with Crippen LogP contribution in [0.25, 0.3) is 11.1 Å². The standard InChI is InChI=1S/C32H33F5O4/c1-3-16-39-26-14-12-24(28(34)30(26)36)25-13-15-27(31(37)29(25)35)40-18-22(33)17-20-6-10-23(11-7-20)41-32(38)21-8-4-19(2)5-9-21/h6-7,10-15,19,21-22H,3-5,8-9,16-18H2,1-2H3. The molecular formula is C32H33F5O4. The highest BCUT2D eigenvalue weighted by Gasteiger charge is 2.26. The van der Waals surface area contributed by atoms with E-state index in [1.165, 1.54) is 0 Å². The van der Waals surface area contributed by atoms with Gasteiger partial charge in [-0.3, -0.25) is 4.79 Å². The predicted molar refractivity (Wildman–Crippen MR) is 145 cm³/mol. The van der Waals surface area contributed by atoms with E-state index in [0.29, 0.717) is 23.7 Å². The molecule has 1 aliphatic rings. The zero-order valence-corrected chi connectivity index (χ0v) is 23.0. The maximum Gasteiger partial charge on any atom is 0.314 e. The van der Waals surface area contributed by atoms with E-state index in [4.69, 9.17) is 14.2 Å². The van der Waals surface area contributed by atoms with Crippen LogP contribution in [0.3, 0.4) is 0 Å². The molecule has 3 aromatic rings. The number of hydrogen-bond acceptors (Lipinski definition) is 4. The third-order valence-electron chi connectivity index (χ3n) is 7.21. The van der Waals surface area contributed by atoms with Crippen LogP contribution in [0.4, 0.5) is 22.0 Å². The van der Waals surface area contributed by atoms with Gasteiger partial charge in [0.2, 0.25) is 11.6 Å². The normalized spacial score (nSPS) is 17.6. The number of rotatable bonds is 11. The Morgan fingerprint density at radius 3 is 1.93 bits per heavy atom. The summed E-state index contributed by atoms with van der Waals surface area (Å²) in [4.78, 5) is 12.4. The van der Waals surface area contributed by atoms with Gasteiger partial charge in [0.25, 0.3) is 0 Å². The van der Waals surface area contributed by atoms with Crippen LogP contribution in [0.1, 0.15) is 51.5 Å². The van der Waals surface area contributed by atoms with E-state index >= 15 is 0 Å². The van der Waals surface area contributed by atoms with Crippen molar-refractivity contribution in [2.75, 3.05) is 13.2 Å². The Labute approximate surface area is 236 Å². The van der Waals surface area contributed by atoms with E-state index < -0.39 is 52.9 Å². The van der Waals surface area contributed by atoms with Crippen molar-refractivity contribution in [3.63, 3.8) is 0 Å². The molecule has 0 amide bonds. The molecule has 1 unspecified atom stereocenters. The van der Waals surface area contributed by atoms with Gasteiger partial charge in [0.15, 0.2) is 23.1 Å². The van der Waals surface area contributed by atoms with Crippen molar-refractivity contribution in [3.05, 3.63) is 77.4 Å². The van der Waals surface area contributed by atoms with Crippen molar-refractivity contribution in [3.8, 4) is 28.4 Å². The van der Waals surface area contributed by atoms with Crippen molar-refractivity contribution >= 4 is 5.97 Å². The summed E-state index contributed by atoms with van der Waals surface area (Å²) in [6.07, 6.45) is 2.57. The molecule has 1 fully saturated rings. The molecule has 41 heavy (non-hydrogen) atoms. The second-order valence-corrected chi connectivity index (χ2v) is 10.5. The number of alkyl halides is 1. The average molecular weight is 577 g/mol. The SMILES string of the molecule is CCCOc1ccc(-c2ccc(OCC(F)Cc3ccc(OC(=O)C4CCC(C)CC4)cc3)c(F)c2F)c(F)c1F. The largest absolute Gasteiger partial charge is 0.490 e. The van der Waals surface area contributed by atoms with Gasteiger partial charge in [-0.15, -0.1) is 0 Å².